The van der Waals surface area contributed by atoms with Crippen LogP contribution in [-0.4, -0.2) is 24.5 Å². The Morgan fingerprint density at radius 2 is 1.94 bits per heavy atom. The van der Waals surface area contributed by atoms with E-state index in [9.17, 15) is 4.39 Å². The number of pyridine rings is 1. The summed E-state index contributed by atoms with van der Waals surface area (Å²) in [5.41, 5.74) is 4.19. The molecular formula is C24H16FN5S. The molecule has 0 spiro atoms. The monoisotopic (exact) mass is 425 g/mol. The number of imidazole rings is 1. The first-order valence-electron chi connectivity index (χ1n) is 9.89. The van der Waals surface area contributed by atoms with E-state index in [1.54, 1.807) is 30.1 Å². The van der Waals surface area contributed by atoms with Crippen molar-refractivity contribution in [2.24, 2.45) is 0 Å². The fraction of sp³-hybridized carbons (Fsp3) is 0.0833. The second kappa shape index (κ2) is 6.92. The molecule has 0 saturated heterocycles. The van der Waals surface area contributed by atoms with E-state index in [2.05, 4.69) is 32.5 Å². The molecule has 4 aromatic heterocycles. The van der Waals surface area contributed by atoms with E-state index in [1.807, 2.05) is 41.8 Å². The minimum absolute atomic E-state index is 0.298. The number of rotatable bonds is 3. The van der Waals surface area contributed by atoms with E-state index in [0.717, 1.165) is 22.0 Å². The van der Waals surface area contributed by atoms with Crippen molar-refractivity contribution in [1.29, 1.82) is 0 Å². The number of aromatic nitrogens is 5. The van der Waals surface area contributed by atoms with E-state index in [-0.39, 0.29) is 11.9 Å². The summed E-state index contributed by atoms with van der Waals surface area (Å²) >= 11 is 1.68. The highest BCUT2D eigenvalue weighted by Crippen LogP contribution is 2.34. The number of fused-ring (bicyclic) bond motifs is 3. The quantitative estimate of drug-likeness (QED) is 0.349. The molecule has 2 aromatic carbocycles. The lowest BCUT2D eigenvalue weighted by molar-refractivity contribution is 0.564. The van der Waals surface area contributed by atoms with Crippen LogP contribution in [0.1, 0.15) is 18.5 Å². The van der Waals surface area contributed by atoms with E-state index < -0.39 is 0 Å². The first-order valence-corrected chi connectivity index (χ1v) is 10.8. The molecule has 0 saturated carbocycles. The van der Waals surface area contributed by atoms with Crippen LogP contribution in [0.15, 0.2) is 72.6 Å². The number of hydrogen-bond acceptors (Lipinski definition) is 5. The third-order valence-electron chi connectivity index (χ3n) is 5.63. The van der Waals surface area contributed by atoms with Gasteiger partial charge in [-0.15, -0.1) is 11.3 Å². The van der Waals surface area contributed by atoms with Gasteiger partial charge in [0.25, 0.3) is 0 Å². The molecule has 0 radical (unpaired) electrons. The molecular weight excluding hydrogens is 409 g/mol. The molecule has 0 aliphatic heterocycles. The Kier molecular flexibility index (Phi) is 4.04. The van der Waals surface area contributed by atoms with E-state index >= 15 is 0 Å². The zero-order chi connectivity index (χ0) is 20.9. The SMILES string of the molecule is CC(c1cc2cccnc2cc1F)n1cnc2ncc(-c3csc4ccccc34)nc21. The maximum Gasteiger partial charge on any atom is 0.197 e. The Morgan fingerprint density at radius 1 is 1.03 bits per heavy atom. The van der Waals surface area contributed by atoms with Crippen molar-refractivity contribution in [3.8, 4) is 11.3 Å². The van der Waals surface area contributed by atoms with Crippen LogP contribution in [0.3, 0.4) is 0 Å². The molecule has 0 fully saturated rings. The van der Waals surface area contributed by atoms with Crippen molar-refractivity contribution in [2.75, 3.05) is 0 Å². The van der Waals surface area contributed by atoms with Crippen LogP contribution in [0.5, 0.6) is 0 Å². The third kappa shape index (κ3) is 2.89. The molecule has 0 N–H and O–H groups in total. The molecule has 1 unspecified atom stereocenters. The maximum atomic E-state index is 14.9. The van der Waals surface area contributed by atoms with Crippen molar-refractivity contribution >= 4 is 43.6 Å². The summed E-state index contributed by atoms with van der Waals surface area (Å²) in [4.78, 5) is 18.0. The van der Waals surface area contributed by atoms with Crippen molar-refractivity contribution in [2.45, 2.75) is 13.0 Å². The highest BCUT2D eigenvalue weighted by molar-refractivity contribution is 7.17. The van der Waals surface area contributed by atoms with Crippen molar-refractivity contribution < 1.29 is 4.39 Å². The van der Waals surface area contributed by atoms with Gasteiger partial charge in [0.2, 0.25) is 0 Å². The van der Waals surface area contributed by atoms with Gasteiger partial charge in [0.05, 0.1) is 29.8 Å². The molecule has 31 heavy (non-hydrogen) atoms. The fourth-order valence-electron chi connectivity index (χ4n) is 3.98. The second-order valence-corrected chi connectivity index (χ2v) is 8.36. The zero-order valence-corrected chi connectivity index (χ0v) is 17.3. The van der Waals surface area contributed by atoms with Crippen LogP contribution in [0.2, 0.25) is 0 Å². The molecule has 7 heteroatoms. The molecule has 0 aliphatic carbocycles. The lowest BCUT2D eigenvalue weighted by Gasteiger charge is -2.16. The number of benzene rings is 2. The molecule has 4 heterocycles. The third-order valence-corrected chi connectivity index (χ3v) is 6.59. The van der Waals surface area contributed by atoms with Gasteiger partial charge in [0, 0.05) is 44.2 Å². The predicted molar refractivity (Wildman–Crippen MR) is 122 cm³/mol. The summed E-state index contributed by atoms with van der Waals surface area (Å²) in [6.07, 6.45) is 5.10. The Balaban J connectivity index is 1.49. The normalized spacial score (nSPS) is 12.7. The standard InChI is InChI=1S/C24H16FN5S/c1-14(17-9-15-5-4-8-26-20(15)10-19(17)25)30-13-28-23-24(30)29-21(11-27-23)18-12-31-22-7-3-2-6-16(18)22/h2-14H,1H3. The van der Waals surface area contributed by atoms with E-state index in [0.29, 0.717) is 22.4 Å². The lowest BCUT2D eigenvalue weighted by atomic mass is 10.0. The molecule has 0 aliphatic rings. The summed E-state index contributed by atoms with van der Waals surface area (Å²) in [5, 5.41) is 4.14. The highest BCUT2D eigenvalue weighted by Gasteiger charge is 2.19. The van der Waals surface area contributed by atoms with Gasteiger partial charge in [0.15, 0.2) is 11.3 Å². The maximum absolute atomic E-state index is 14.9. The molecule has 6 aromatic rings. The average Bonchev–Trinajstić information content (AvgIpc) is 3.42. The fourth-order valence-corrected chi connectivity index (χ4v) is 4.94. The number of thiophene rings is 1. The second-order valence-electron chi connectivity index (χ2n) is 7.45. The average molecular weight is 425 g/mol. The highest BCUT2D eigenvalue weighted by atomic mass is 32.1. The number of hydrogen-bond donors (Lipinski definition) is 0. The van der Waals surface area contributed by atoms with Crippen LogP contribution >= 0.6 is 11.3 Å². The summed E-state index contributed by atoms with van der Waals surface area (Å²) < 4.78 is 18.0. The van der Waals surface area contributed by atoms with Gasteiger partial charge in [0.1, 0.15) is 5.82 Å². The van der Waals surface area contributed by atoms with Crippen molar-refractivity contribution in [3.05, 3.63) is 84.0 Å². The van der Waals surface area contributed by atoms with Crippen molar-refractivity contribution in [3.63, 3.8) is 0 Å². The van der Waals surface area contributed by atoms with Crippen LogP contribution in [-0.2, 0) is 0 Å². The van der Waals surface area contributed by atoms with Gasteiger partial charge in [-0.05, 0) is 25.1 Å². The topological polar surface area (TPSA) is 56.5 Å². The molecule has 5 nitrogen and oxygen atoms in total. The number of halogens is 1. The Labute approximate surface area is 180 Å². The predicted octanol–water partition coefficient (Wildman–Crippen LogP) is 6.00. The van der Waals surface area contributed by atoms with Crippen LogP contribution in [0.4, 0.5) is 4.39 Å². The van der Waals surface area contributed by atoms with Gasteiger partial charge >= 0.3 is 0 Å². The molecule has 1 atom stereocenters. The smallest absolute Gasteiger partial charge is 0.197 e. The summed E-state index contributed by atoms with van der Waals surface area (Å²) in [7, 11) is 0. The molecule has 6 rings (SSSR count). The van der Waals surface area contributed by atoms with Crippen LogP contribution in [0, 0.1) is 5.82 Å². The largest absolute Gasteiger partial charge is 0.306 e. The van der Waals surface area contributed by atoms with Gasteiger partial charge in [-0.1, -0.05) is 24.3 Å². The molecule has 0 amide bonds. The minimum atomic E-state index is -0.307. The first-order chi connectivity index (χ1) is 15.2. The van der Waals surface area contributed by atoms with Gasteiger partial charge in [-0.25, -0.2) is 19.3 Å². The summed E-state index contributed by atoms with van der Waals surface area (Å²) in [6, 6.07) is 15.0. The zero-order valence-electron chi connectivity index (χ0n) is 16.5. The number of nitrogens with zero attached hydrogens (tertiary/aromatic N) is 5. The Hall–Kier alpha value is -3.71. The first kappa shape index (κ1) is 18.1. The molecule has 150 valence electrons. The summed E-state index contributed by atoms with van der Waals surface area (Å²) in [5.74, 6) is -0.298. The Morgan fingerprint density at radius 3 is 2.87 bits per heavy atom. The van der Waals surface area contributed by atoms with Crippen LogP contribution < -0.4 is 0 Å². The van der Waals surface area contributed by atoms with E-state index in [4.69, 9.17) is 4.98 Å². The van der Waals surface area contributed by atoms with E-state index in [1.165, 1.54) is 10.8 Å². The Bertz CT molecular complexity index is 1590. The van der Waals surface area contributed by atoms with Crippen molar-refractivity contribution in [1.82, 2.24) is 24.5 Å². The van der Waals surface area contributed by atoms with Crippen LogP contribution in [0.25, 0.3) is 43.5 Å². The summed E-state index contributed by atoms with van der Waals surface area (Å²) in [6.45, 7) is 1.94. The lowest BCUT2D eigenvalue weighted by Crippen LogP contribution is -2.09. The molecule has 0 bridgehead atoms. The minimum Gasteiger partial charge on any atom is -0.306 e. The van der Waals surface area contributed by atoms with Gasteiger partial charge < -0.3 is 4.57 Å². The van der Waals surface area contributed by atoms with Gasteiger partial charge in [-0.2, -0.15) is 0 Å². The van der Waals surface area contributed by atoms with Gasteiger partial charge in [-0.3, -0.25) is 4.98 Å².